The van der Waals surface area contributed by atoms with Crippen LogP contribution in [0.3, 0.4) is 0 Å². The number of carbonyl (C=O) groups is 1. The molecule has 0 atom stereocenters. The molecule has 0 unspecified atom stereocenters. The number of nitrogens with zero attached hydrogens (tertiary/aromatic N) is 2. The summed E-state index contributed by atoms with van der Waals surface area (Å²) in [5.41, 5.74) is 8.24. The Kier molecular flexibility index (Phi) is 10.5. The van der Waals surface area contributed by atoms with E-state index >= 15 is 0 Å². The summed E-state index contributed by atoms with van der Waals surface area (Å²) in [6.07, 6.45) is 7.13. The lowest BCUT2D eigenvalue weighted by Crippen LogP contribution is -2.31. The Balaban J connectivity index is 1.91. The third-order valence-electron chi connectivity index (χ3n) is 6.19. The number of fused-ring (bicyclic) bond motifs is 1. The molecule has 200 valence electrons. The number of benzene rings is 2. The zero-order valence-electron chi connectivity index (χ0n) is 21.8. The van der Waals surface area contributed by atoms with Gasteiger partial charge in [-0.1, -0.05) is 23.2 Å². The Morgan fingerprint density at radius 1 is 0.973 bits per heavy atom. The van der Waals surface area contributed by atoms with Crippen molar-refractivity contribution < 1.29 is 23.6 Å². The molecular formula is C27H35Cl2N4O4+. The van der Waals surface area contributed by atoms with Gasteiger partial charge in [-0.05, 0) is 31.4 Å². The topological polar surface area (TPSA) is 91.6 Å². The average Bonchev–Trinajstić information content (AvgIpc) is 3.15. The first-order chi connectivity index (χ1) is 17.8. The summed E-state index contributed by atoms with van der Waals surface area (Å²) < 4.78 is 20.8. The van der Waals surface area contributed by atoms with E-state index in [-0.39, 0.29) is 5.91 Å². The first-order valence-corrected chi connectivity index (χ1v) is 12.9. The molecule has 1 heterocycles. The van der Waals surface area contributed by atoms with Crippen molar-refractivity contribution in [1.29, 1.82) is 0 Å². The van der Waals surface area contributed by atoms with Crippen LogP contribution < -0.4 is 29.8 Å². The van der Waals surface area contributed by atoms with E-state index in [1.165, 1.54) is 0 Å². The fourth-order valence-corrected chi connectivity index (χ4v) is 4.57. The summed E-state index contributed by atoms with van der Waals surface area (Å²) in [4.78, 5) is 11.9. The highest BCUT2D eigenvalue weighted by Crippen LogP contribution is 2.36. The van der Waals surface area contributed by atoms with Crippen molar-refractivity contribution in [1.82, 2.24) is 9.88 Å². The van der Waals surface area contributed by atoms with Crippen LogP contribution in [0.2, 0.25) is 10.0 Å². The monoisotopic (exact) mass is 549 g/mol. The largest absolute Gasteiger partial charge is 0.496 e. The third-order valence-corrected chi connectivity index (χ3v) is 6.91. The van der Waals surface area contributed by atoms with Gasteiger partial charge < -0.3 is 25.3 Å². The van der Waals surface area contributed by atoms with Gasteiger partial charge in [0.1, 0.15) is 5.75 Å². The van der Waals surface area contributed by atoms with Crippen LogP contribution in [0, 0.1) is 0 Å². The van der Waals surface area contributed by atoms with E-state index in [9.17, 15) is 4.79 Å². The van der Waals surface area contributed by atoms with Crippen molar-refractivity contribution in [3.63, 3.8) is 0 Å². The molecule has 37 heavy (non-hydrogen) atoms. The van der Waals surface area contributed by atoms with Gasteiger partial charge >= 0.3 is 0 Å². The molecule has 0 aliphatic heterocycles. The Morgan fingerprint density at radius 2 is 1.65 bits per heavy atom. The van der Waals surface area contributed by atoms with Gasteiger partial charge in [0, 0.05) is 49.3 Å². The predicted octanol–water partition coefficient (Wildman–Crippen LogP) is 4.60. The molecule has 2 aromatic carbocycles. The number of methoxy groups -OCH3 is 3. The minimum absolute atomic E-state index is 0.0391. The SMILES string of the molecule is COc1cc(OC)c(OC)cc1/C=C/c1n(CCCCCC(=O)NCCN)c2cc(Cl)c(Cl)cc2[n+]1C. The van der Waals surface area contributed by atoms with Gasteiger partial charge in [0.2, 0.25) is 5.91 Å². The van der Waals surface area contributed by atoms with Crippen LogP contribution in [0.1, 0.15) is 37.1 Å². The summed E-state index contributed by atoms with van der Waals surface area (Å²) >= 11 is 12.7. The van der Waals surface area contributed by atoms with E-state index < -0.39 is 0 Å². The number of nitrogens with two attached hydrogens (primary N) is 1. The summed E-state index contributed by atoms with van der Waals surface area (Å²) in [6.45, 7) is 1.71. The Labute approximate surface area is 227 Å². The maximum absolute atomic E-state index is 11.9. The van der Waals surface area contributed by atoms with E-state index in [0.29, 0.717) is 46.8 Å². The second kappa shape index (κ2) is 13.6. The van der Waals surface area contributed by atoms with E-state index in [0.717, 1.165) is 48.2 Å². The second-order valence-corrected chi connectivity index (χ2v) is 9.37. The van der Waals surface area contributed by atoms with Gasteiger partial charge in [-0.15, -0.1) is 0 Å². The molecule has 3 rings (SSSR count). The first-order valence-electron chi connectivity index (χ1n) is 12.2. The van der Waals surface area contributed by atoms with Crippen molar-refractivity contribution in [2.75, 3.05) is 34.4 Å². The van der Waals surface area contributed by atoms with E-state index in [4.69, 9.17) is 43.1 Å². The van der Waals surface area contributed by atoms with Gasteiger partial charge in [0.05, 0.1) is 45.0 Å². The molecule has 3 aromatic rings. The molecule has 0 saturated heterocycles. The molecule has 10 heteroatoms. The number of nitrogens with one attached hydrogen (secondary N) is 1. The lowest BCUT2D eigenvalue weighted by atomic mass is 10.1. The number of hydrogen-bond acceptors (Lipinski definition) is 5. The molecule has 0 saturated carbocycles. The highest BCUT2D eigenvalue weighted by atomic mass is 35.5. The number of carbonyl (C=O) groups excluding carboxylic acids is 1. The smallest absolute Gasteiger partial charge is 0.282 e. The number of ether oxygens (including phenoxy) is 3. The third kappa shape index (κ3) is 6.89. The van der Waals surface area contributed by atoms with Crippen LogP contribution in [-0.4, -0.2) is 44.9 Å². The van der Waals surface area contributed by atoms with Gasteiger partial charge in [-0.2, -0.15) is 0 Å². The standard InChI is InChI=1S/C27H34Cl2N4O4/c1-32-21-15-19(28)20(29)16-22(21)33(13-7-5-6-8-26(34)31-12-11-30)27(32)10-9-18-14-24(36-3)25(37-4)17-23(18)35-2/h9-10,14-17H,5-8,11-13,30H2,1-4H3/p+1/b10-9+. The molecule has 3 N–H and O–H groups in total. The first kappa shape index (κ1) is 28.6. The second-order valence-electron chi connectivity index (χ2n) is 8.56. The Bertz CT molecular complexity index is 1270. The minimum atomic E-state index is 0.0391. The van der Waals surface area contributed by atoms with Crippen LogP contribution in [0.15, 0.2) is 24.3 Å². The van der Waals surface area contributed by atoms with Crippen LogP contribution in [0.4, 0.5) is 0 Å². The summed E-state index contributed by atoms with van der Waals surface area (Å²) in [5, 5.41) is 3.81. The van der Waals surface area contributed by atoms with Gasteiger partial charge in [-0.25, -0.2) is 9.13 Å². The number of aromatic nitrogens is 2. The van der Waals surface area contributed by atoms with Gasteiger partial charge in [0.25, 0.3) is 5.82 Å². The Hall–Kier alpha value is -2.94. The highest BCUT2D eigenvalue weighted by molar-refractivity contribution is 6.42. The number of hydrogen-bond donors (Lipinski definition) is 2. The van der Waals surface area contributed by atoms with Gasteiger partial charge in [-0.3, -0.25) is 4.79 Å². The fraction of sp³-hybridized carbons (Fsp3) is 0.407. The van der Waals surface area contributed by atoms with E-state index in [1.807, 2.05) is 37.4 Å². The van der Waals surface area contributed by atoms with Crippen molar-refractivity contribution >= 4 is 52.3 Å². The number of imidazole rings is 1. The molecule has 0 aliphatic carbocycles. The molecule has 0 bridgehead atoms. The van der Waals surface area contributed by atoms with Gasteiger partial charge in [0.15, 0.2) is 22.5 Å². The van der Waals surface area contributed by atoms with E-state index in [1.54, 1.807) is 27.4 Å². The quantitative estimate of drug-likeness (QED) is 0.240. The number of rotatable bonds is 13. The van der Waals surface area contributed by atoms with Crippen LogP contribution >= 0.6 is 23.2 Å². The number of unbranched alkanes of at least 4 members (excludes halogenated alkanes) is 2. The lowest BCUT2D eigenvalue weighted by molar-refractivity contribution is -0.647. The maximum Gasteiger partial charge on any atom is 0.282 e. The molecule has 0 radical (unpaired) electrons. The van der Waals surface area contributed by atoms with Crippen LogP contribution in [0.25, 0.3) is 23.2 Å². The van der Waals surface area contributed by atoms with Crippen LogP contribution in [0.5, 0.6) is 17.2 Å². The maximum atomic E-state index is 11.9. The molecule has 0 fully saturated rings. The fourth-order valence-electron chi connectivity index (χ4n) is 4.25. The predicted molar refractivity (Wildman–Crippen MR) is 149 cm³/mol. The number of halogens is 2. The van der Waals surface area contributed by atoms with Crippen molar-refractivity contribution in [3.8, 4) is 17.2 Å². The average molecular weight is 551 g/mol. The molecule has 0 spiro atoms. The molecule has 1 amide bonds. The van der Waals surface area contributed by atoms with Crippen molar-refractivity contribution in [2.45, 2.75) is 32.2 Å². The molecule has 8 nitrogen and oxygen atoms in total. The molecule has 1 aromatic heterocycles. The van der Waals surface area contributed by atoms with Crippen molar-refractivity contribution in [3.05, 3.63) is 45.7 Å². The highest BCUT2D eigenvalue weighted by Gasteiger charge is 2.22. The summed E-state index contributed by atoms with van der Waals surface area (Å²) in [5.74, 6) is 2.88. The summed E-state index contributed by atoms with van der Waals surface area (Å²) in [6, 6.07) is 7.46. The van der Waals surface area contributed by atoms with Crippen molar-refractivity contribution in [2.24, 2.45) is 12.8 Å². The zero-order valence-corrected chi connectivity index (χ0v) is 23.3. The molecular weight excluding hydrogens is 515 g/mol. The number of amides is 1. The zero-order chi connectivity index (χ0) is 26.9. The van der Waals surface area contributed by atoms with E-state index in [2.05, 4.69) is 14.5 Å². The normalized spacial score (nSPS) is 11.3. The minimum Gasteiger partial charge on any atom is -0.496 e. The lowest BCUT2D eigenvalue weighted by Gasteiger charge is -2.12. The number of aryl methyl sites for hydroxylation is 2. The molecule has 0 aliphatic rings. The Morgan fingerprint density at radius 3 is 2.32 bits per heavy atom. The summed E-state index contributed by atoms with van der Waals surface area (Å²) in [7, 11) is 6.81. The van der Waals surface area contributed by atoms with Crippen LogP contribution in [-0.2, 0) is 18.4 Å².